The van der Waals surface area contributed by atoms with Crippen molar-refractivity contribution in [3.63, 3.8) is 0 Å². The maximum absolute atomic E-state index is 5.64. The number of hydrogen-bond donors (Lipinski definition) is 2. The van der Waals surface area contributed by atoms with Crippen LogP contribution in [0.15, 0.2) is 12.7 Å². The fraction of sp³-hybridized carbons (Fsp3) is 0.833. The number of nitrogens with one attached hydrogen (secondary N) is 1. The summed E-state index contributed by atoms with van der Waals surface area (Å²) in [6.45, 7) is 6.12. The van der Waals surface area contributed by atoms with Crippen molar-refractivity contribution >= 4 is 0 Å². The van der Waals surface area contributed by atoms with Crippen molar-refractivity contribution < 1.29 is 0 Å². The van der Waals surface area contributed by atoms with Gasteiger partial charge in [-0.05, 0) is 37.5 Å². The monoisotopic (exact) mass is 196 g/mol. The maximum atomic E-state index is 5.64. The molecule has 0 bridgehead atoms. The highest BCUT2D eigenvalue weighted by molar-refractivity contribution is 4.90. The second kappa shape index (κ2) is 5.52. The predicted molar refractivity (Wildman–Crippen MR) is 61.7 cm³/mol. The van der Waals surface area contributed by atoms with Gasteiger partial charge in [0, 0.05) is 6.04 Å². The van der Waals surface area contributed by atoms with Gasteiger partial charge in [0.15, 0.2) is 0 Å². The van der Waals surface area contributed by atoms with E-state index in [9.17, 15) is 0 Å². The molecular formula is C12H24N2. The molecule has 0 amide bonds. The molecule has 1 atom stereocenters. The lowest BCUT2D eigenvalue weighted by Crippen LogP contribution is -2.45. The van der Waals surface area contributed by atoms with E-state index in [1.165, 1.54) is 38.5 Å². The minimum absolute atomic E-state index is 0.440. The smallest absolute Gasteiger partial charge is 0.0264 e. The van der Waals surface area contributed by atoms with Crippen LogP contribution in [0, 0.1) is 5.41 Å². The van der Waals surface area contributed by atoms with Crippen molar-refractivity contribution in [2.75, 3.05) is 0 Å². The predicted octanol–water partition coefficient (Wildman–Crippen LogP) is 2.75. The number of unbranched alkanes of at least 4 members (excludes halogenated alkanes) is 1. The Hall–Kier alpha value is -0.340. The molecule has 0 aliphatic heterocycles. The van der Waals surface area contributed by atoms with Gasteiger partial charge in [0.05, 0.1) is 0 Å². The standard InChI is InChI=1S/C12H24N2/c1-3-4-5-8-11(14-13)12(2)9-6-7-10-12/h3,11,14H,1,4-10,13H2,2H3. The van der Waals surface area contributed by atoms with Gasteiger partial charge in [-0.3, -0.25) is 11.3 Å². The Labute approximate surface area is 87.9 Å². The van der Waals surface area contributed by atoms with Crippen LogP contribution in [0.4, 0.5) is 0 Å². The summed E-state index contributed by atoms with van der Waals surface area (Å²) in [6.07, 6.45) is 10.9. The number of hydrogen-bond acceptors (Lipinski definition) is 2. The van der Waals surface area contributed by atoms with Crippen LogP contribution >= 0.6 is 0 Å². The van der Waals surface area contributed by atoms with Gasteiger partial charge in [0.2, 0.25) is 0 Å². The molecular weight excluding hydrogens is 172 g/mol. The van der Waals surface area contributed by atoms with Crippen LogP contribution in [0.1, 0.15) is 51.9 Å². The zero-order chi connectivity index (χ0) is 10.4. The summed E-state index contributed by atoms with van der Waals surface area (Å²) in [6, 6.07) is 0.491. The molecule has 0 radical (unpaired) electrons. The Kier molecular flexibility index (Phi) is 4.63. The van der Waals surface area contributed by atoms with E-state index in [4.69, 9.17) is 5.84 Å². The van der Waals surface area contributed by atoms with E-state index in [1.807, 2.05) is 6.08 Å². The van der Waals surface area contributed by atoms with Gasteiger partial charge < -0.3 is 0 Å². The molecule has 3 N–H and O–H groups in total. The van der Waals surface area contributed by atoms with E-state index in [-0.39, 0.29) is 0 Å². The lowest BCUT2D eigenvalue weighted by Gasteiger charge is -2.33. The van der Waals surface area contributed by atoms with Gasteiger partial charge in [-0.2, -0.15) is 0 Å². The normalized spacial score (nSPS) is 22.1. The Morgan fingerprint density at radius 3 is 2.64 bits per heavy atom. The first-order chi connectivity index (χ1) is 6.73. The zero-order valence-electron chi connectivity index (χ0n) is 9.39. The van der Waals surface area contributed by atoms with Crippen molar-refractivity contribution in [2.24, 2.45) is 11.3 Å². The van der Waals surface area contributed by atoms with E-state index in [1.54, 1.807) is 0 Å². The number of nitrogens with two attached hydrogens (primary N) is 1. The van der Waals surface area contributed by atoms with Crippen LogP contribution in [0.5, 0.6) is 0 Å². The molecule has 1 saturated carbocycles. The lowest BCUT2D eigenvalue weighted by molar-refractivity contribution is 0.209. The summed E-state index contributed by atoms with van der Waals surface area (Å²) in [5, 5.41) is 0. The summed E-state index contributed by atoms with van der Waals surface area (Å²) >= 11 is 0. The van der Waals surface area contributed by atoms with E-state index >= 15 is 0 Å². The molecule has 1 fully saturated rings. The van der Waals surface area contributed by atoms with E-state index < -0.39 is 0 Å². The average molecular weight is 196 g/mol. The molecule has 0 aromatic rings. The van der Waals surface area contributed by atoms with Crippen molar-refractivity contribution in [3.05, 3.63) is 12.7 Å². The number of rotatable bonds is 6. The van der Waals surface area contributed by atoms with Gasteiger partial charge in [-0.1, -0.05) is 25.8 Å². The molecule has 1 aliphatic carbocycles. The molecule has 1 unspecified atom stereocenters. The largest absolute Gasteiger partial charge is 0.271 e. The summed E-state index contributed by atoms with van der Waals surface area (Å²) in [5.74, 6) is 5.64. The van der Waals surface area contributed by atoms with Gasteiger partial charge in [0.1, 0.15) is 0 Å². The van der Waals surface area contributed by atoms with Crippen LogP contribution < -0.4 is 11.3 Å². The van der Waals surface area contributed by atoms with E-state index in [2.05, 4.69) is 18.9 Å². The summed E-state index contributed by atoms with van der Waals surface area (Å²) in [4.78, 5) is 0. The van der Waals surface area contributed by atoms with Crippen LogP contribution in [-0.4, -0.2) is 6.04 Å². The van der Waals surface area contributed by atoms with Crippen LogP contribution in [0.3, 0.4) is 0 Å². The summed E-state index contributed by atoms with van der Waals surface area (Å²) < 4.78 is 0. The average Bonchev–Trinajstić information content (AvgIpc) is 2.61. The SMILES string of the molecule is C=CCCCC(NN)C1(C)CCCC1. The zero-order valence-corrected chi connectivity index (χ0v) is 9.39. The Morgan fingerprint density at radius 1 is 1.50 bits per heavy atom. The quantitative estimate of drug-likeness (QED) is 0.297. The van der Waals surface area contributed by atoms with Crippen LogP contribution in [0.2, 0.25) is 0 Å². The maximum Gasteiger partial charge on any atom is 0.0264 e. The molecule has 1 rings (SSSR count). The molecule has 0 heterocycles. The van der Waals surface area contributed by atoms with Gasteiger partial charge in [-0.15, -0.1) is 6.58 Å². The fourth-order valence-electron chi connectivity index (χ4n) is 2.63. The first-order valence-electron chi connectivity index (χ1n) is 5.80. The van der Waals surface area contributed by atoms with Crippen molar-refractivity contribution in [1.82, 2.24) is 5.43 Å². The van der Waals surface area contributed by atoms with Crippen molar-refractivity contribution in [2.45, 2.75) is 57.9 Å². The van der Waals surface area contributed by atoms with Gasteiger partial charge in [0.25, 0.3) is 0 Å². The molecule has 0 aromatic heterocycles. The summed E-state index contributed by atoms with van der Waals surface area (Å²) in [5.41, 5.74) is 3.45. The third-order valence-electron chi connectivity index (χ3n) is 3.69. The Balaban J connectivity index is 2.39. The minimum Gasteiger partial charge on any atom is -0.271 e. The van der Waals surface area contributed by atoms with E-state index in [0.717, 1.165) is 6.42 Å². The molecule has 2 nitrogen and oxygen atoms in total. The lowest BCUT2D eigenvalue weighted by atomic mass is 9.78. The van der Waals surface area contributed by atoms with Gasteiger partial charge in [-0.25, -0.2) is 0 Å². The Bertz CT molecular complexity index is 171. The molecule has 0 aromatic carbocycles. The molecule has 2 heteroatoms. The summed E-state index contributed by atoms with van der Waals surface area (Å²) in [7, 11) is 0. The van der Waals surface area contributed by atoms with Crippen LogP contribution in [0.25, 0.3) is 0 Å². The first-order valence-corrected chi connectivity index (χ1v) is 5.80. The molecule has 1 aliphatic rings. The van der Waals surface area contributed by atoms with E-state index in [0.29, 0.717) is 11.5 Å². The second-order valence-corrected chi connectivity index (χ2v) is 4.80. The van der Waals surface area contributed by atoms with Crippen LogP contribution in [-0.2, 0) is 0 Å². The molecule has 0 saturated heterocycles. The highest BCUT2D eigenvalue weighted by Gasteiger charge is 2.35. The highest BCUT2D eigenvalue weighted by Crippen LogP contribution is 2.41. The third-order valence-corrected chi connectivity index (χ3v) is 3.69. The number of allylic oxidation sites excluding steroid dienone is 1. The van der Waals surface area contributed by atoms with Gasteiger partial charge >= 0.3 is 0 Å². The fourth-order valence-corrected chi connectivity index (χ4v) is 2.63. The molecule has 0 spiro atoms. The first kappa shape index (κ1) is 11.7. The third kappa shape index (κ3) is 2.82. The topological polar surface area (TPSA) is 38.0 Å². The minimum atomic E-state index is 0.440. The van der Waals surface area contributed by atoms with Crippen molar-refractivity contribution in [3.8, 4) is 0 Å². The number of hydrazine groups is 1. The highest BCUT2D eigenvalue weighted by atomic mass is 15.2. The second-order valence-electron chi connectivity index (χ2n) is 4.80. The molecule has 14 heavy (non-hydrogen) atoms. The molecule has 82 valence electrons. The van der Waals surface area contributed by atoms with Crippen molar-refractivity contribution in [1.29, 1.82) is 0 Å². The Morgan fingerprint density at radius 2 is 2.14 bits per heavy atom.